The molecule has 0 aromatic rings. The highest BCUT2D eigenvalue weighted by Crippen LogP contribution is 2.97. The van der Waals surface area contributed by atoms with Crippen molar-refractivity contribution in [1.82, 2.24) is 0 Å². The van der Waals surface area contributed by atoms with E-state index < -0.39 is 5.21 Å². The molecule has 4 aliphatic rings. The van der Waals surface area contributed by atoms with Gasteiger partial charge in [0, 0.05) is 0 Å². The van der Waals surface area contributed by atoms with E-state index in [1.54, 1.807) is 0 Å². The topological polar surface area (TPSA) is 0 Å². The number of hydrogen-bond donors (Lipinski definition) is 0. The molecule has 0 amide bonds. The molecule has 4 atom stereocenters. The molecule has 4 radical (unpaired) electrons. The van der Waals surface area contributed by atoms with Crippen molar-refractivity contribution in [3.05, 3.63) is 0 Å². The maximum atomic E-state index is 6.60. The predicted octanol–water partition coefficient (Wildman–Crippen LogP) is 2.63. The summed E-state index contributed by atoms with van der Waals surface area (Å²) in [7, 11) is 13.2. The minimum absolute atomic E-state index is 0.0265. The molecule has 0 heterocycles. The summed E-state index contributed by atoms with van der Waals surface area (Å²) in [5.41, 5.74) is 0.381. The molecule has 4 unspecified atom stereocenters. The molecule has 4 aliphatic carbocycles. The summed E-state index contributed by atoms with van der Waals surface area (Å²) in [6, 6.07) is 0. The fourth-order valence-corrected chi connectivity index (χ4v) is 6.42. The fourth-order valence-electron chi connectivity index (χ4n) is 6.42. The molecule has 0 spiro atoms. The molecule has 0 aromatic carbocycles. The Labute approximate surface area is 102 Å². The van der Waals surface area contributed by atoms with Crippen LogP contribution >= 0.6 is 0 Å². The van der Waals surface area contributed by atoms with Gasteiger partial charge in [0.05, 0.1) is 15.7 Å². The van der Waals surface area contributed by atoms with Crippen molar-refractivity contribution in [2.45, 2.75) is 39.3 Å². The lowest BCUT2D eigenvalue weighted by Crippen LogP contribution is -2.93. The molecule has 0 aliphatic heterocycles. The van der Waals surface area contributed by atoms with Gasteiger partial charge >= 0.3 is 0 Å². The summed E-state index contributed by atoms with van der Waals surface area (Å²) in [5, 5.41) is -0.453. The van der Waals surface area contributed by atoms with Gasteiger partial charge in [0.1, 0.15) is 0 Å². The molecule has 4 saturated carbocycles. The van der Waals surface area contributed by atoms with Gasteiger partial charge in [-0.3, -0.25) is 0 Å². The van der Waals surface area contributed by atoms with Crippen LogP contribution in [-0.2, 0) is 0 Å². The standard InChI is InChI=1S/C14H20B2/c1-6-9-7-5-8-10(6)11(9)13(7,8)14(15,16)12(2,3)4/h6-11H,5H2,1-4H3. The summed E-state index contributed by atoms with van der Waals surface area (Å²) in [4.78, 5) is 0. The minimum Gasteiger partial charge on any atom is -0.0881 e. The highest BCUT2D eigenvalue weighted by atomic mass is 15.0. The highest BCUT2D eigenvalue weighted by molar-refractivity contribution is 6.41. The molecular weight excluding hydrogens is 190 g/mol. The molecule has 0 nitrogen and oxygen atoms in total. The normalized spacial score (nSPS) is 61.0. The maximum Gasteiger partial charge on any atom is 0.0635 e. The summed E-state index contributed by atoms with van der Waals surface area (Å²) >= 11 is 0. The first kappa shape index (κ1) is 10.1. The third kappa shape index (κ3) is 0.592. The Hall–Kier alpha value is 0.130. The Morgan fingerprint density at radius 1 is 1.06 bits per heavy atom. The second-order valence-corrected chi connectivity index (χ2v) is 8.04. The molecule has 2 heteroatoms. The molecule has 82 valence electrons. The quantitative estimate of drug-likeness (QED) is 0.583. The third-order valence-corrected chi connectivity index (χ3v) is 7.22. The lowest BCUT2D eigenvalue weighted by Gasteiger charge is -2.98. The average molecular weight is 210 g/mol. The lowest BCUT2D eigenvalue weighted by molar-refractivity contribution is -0.476. The smallest absolute Gasteiger partial charge is 0.0635 e. The van der Waals surface area contributed by atoms with Crippen LogP contribution in [0, 0.1) is 46.3 Å². The SMILES string of the molecule is [B]C([B])(C(C)(C)C)C12C3CC1C1C(C)C3C12. The largest absolute Gasteiger partial charge is 0.0881 e. The van der Waals surface area contributed by atoms with Crippen molar-refractivity contribution in [2.24, 2.45) is 46.3 Å². The third-order valence-electron chi connectivity index (χ3n) is 7.22. The van der Waals surface area contributed by atoms with Crippen LogP contribution in [0.15, 0.2) is 0 Å². The molecule has 4 fully saturated rings. The van der Waals surface area contributed by atoms with Crippen molar-refractivity contribution in [2.75, 3.05) is 0 Å². The van der Waals surface area contributed by atoms with Crippen molar-refractivity contribution >= 4 is 15.7 Å². The van der Waals surface area contributed by atoms with Crippen molar-refractivity contribution < 1.29 is 0 Å². The van der Waals surface area contributed by atoms with Gasteiger partial charge in [0.25, 0.3) is 0 Å². The van der Waals surface area contributed by atoms with Crippen molar-refractivity contribution in [3.63, 3.8) is 0 Å². The van der Waals surface area contributed by atoms with Crippen LogP contribution in [0.4, 0.5) is 0 Å². The predicted molar refractivity (Wildman–Crippen MR) is 67.3 cm³/mol. The van der Waals surface area contributed by atoms with E-state index in [1.165, 1.54) is 6.42 Å². The maximum absolute atomic E-state index is 6.60. The fraction of sp³-hybridized carbons (Fsp3) is 1.00. The first-order chi connectivity index (χ1) is 7.26. The van der Waals surface area contributed by atoms with Gasteiger partial charge in [-0.05, 0) is 52.8 Å². The van der Waals surface area contributed by atoms with E-state index in [0.29, 0.717) is 5.41 Å². The Morgan fingerprint density at radius 2 is 1.56 bits per heavy atom. The van der Waals surface area contributed by atoms with E-state index in [4.69, 9.17) is 15.7 Å². The summed E-state index contributed by atoms with van der Waals surface area (Å²) in [6.45, 7) is 9.08. The van der Waals surface area contributed by atoms with E-state index in [2.05, 4.69) is 27.7 Å². The van der Waals surface area contributed by atoms with Crippen LogP contribution in [0.25, 0.3) is 0 Å². The molecule has 0 aromatic heterocycles. The van der Waals surface area contributed by atoms with Crippen LogP contribution in [0.5, 0.6) is 0 Å². The second kappa shape index (κ2) is 2.19. The van der Waals surface area contributed by atoms with E-state index in [9.17, 15) is 0 Å². The van der Waals surface area contributed by atoms with Gasteiger partial charge in [-0.2, -0.15) is 0 Å². The zero-order chi connectivity index (χ0) is 11.7. The first-order valence-corrected chi connectivity index (χ1v) is 6.84. The summed E-state index contributed by atoms with van der Waals surface area (Å²) < 4.78 is 0. The van der Waals surface area contributed by atoms with Crippen LogP contribution in [-0.4, -0.2) is 15.7 Å². The first-order valence-electron chi connectivity index (χ1n) is 6.84. The van der Waals surface area contributed by atoms with E-state index >= 15 is 0 Å². The Balaban J connectivity index is 1.74. The lowest BCUT2D eigenvalue weighted by atomic mass is 9.03. The van der Waals surface area contributed by atoms with Gasteiger partial charge in [0.15, 0.2) is 0 Å². The molecule has 16 heavy (non-hydrogen) atoms. The zero-order valence-electron chi connectivity index (χ0n) is 10.8. The number of rotatable bonds is 1. The van der Waals surface area contributed by atoms with E-state index in [1.807, 2.05) is 0 Å². The van der Waals surface area contributed by atoms with Crippen LogP contribution in [0.3, 0.4) is 0 Å². The number of fused-ring (bicyclic) bond motifs is 2. The summed E-state index contributed by atoms with van der Waals surface area (Å²) in [6.07, 6.45) is 1.43. The van der Waals surface area contributed by atoms with Gasteiger partial charge < -0.3 is 0 Å². The number of hydrogen-bond acceptors (Lipinski definition) is 0. The van der Waals surface area contributed by atoms with Crippen molar-refractivity contribution in [1.29, 1.82) is 0 Å². The molecular formula is C14H20B2. The van der Waals surface area contributed by atoms with Gasteiger partial charge in [-0.25, -0.2) is 0 Å². The minimum atomic E-state index is -0.453. The molecule has 0 N–H and O–H groups in total. The molecule has 4 rings (SSSR count). The van der Waals surface area contributed by atoms with Crippen LogP contribution in [0.1, 0.15) is 34.1 Å². The molecule has 0 bridgehead atoms. The van der Waals surface area contributed by atoms with E-state index in [0.717, 1.165) is 35.5 Å². The van der Waals surface area contributed by atoms with Crippen LogP contribution in [0.2, 0.25) is 5.21 Å². The van der Waals surface area contributed by atoms with Crippen LogP contribution < -0.4 is 0 Å². The summed E-state index contributed by atoms with van der Waals surface area (Å²) in [5.74, 6) is 5.60. The Kier molecular flexibility index (Phi) is 1.38. The average Bonchev–Trinajstić information content (AvgIpc) is 2.14. The van der Waals surface area contributed by atoms with E-state index in [-0.39, 0.29) is 5.41 Å². The van der Waals surface area contributed by atoms with Crippen molar-refractivity contribution in [3.8, 4) is 0 Å². The molecule has 0 saturated heterocycles. The highest BCUT2D eigenvalue weighted by Gasteiger charge is 2.92. The van der Waals surface area contributed by atoms with Gasteiger partial charge in [-0.1, -0.05) is 32.9 Å². The monoisotopic (exact) mass is 210 g/mol. The zero-order valence-corrected chi connectivity index (χ0v) is 10.8. The van der Waals surface area contributed by atoms with Gasteiger partial charge in [0.2, 0.25) is 0 Å². The Morgan fingerprint density at radius 3 is 1.94 bits per heavy atom. The second-order valence-electron chi connectivity index (χ2n) is 8.04. The Bertz CT molecular complexity index is 347. The van der Waals surface area contributed by atoms with Gasteiger partial charge in [-0.15, -0.1) is 0 Å².